The van der Waals surface area contributed by atoms with E-state index in [0.29, 0.717) is 19.0 Å². The zero-order valence-corrected chi connectivity index (χ0v) is 17.0. The van der Waals surface area contributed by atoms with Crippen molar-refractivity contribution >= 4 is 0 Å². The Morgan fingerprint density at radius 1 is 0.862 bits per heavy atom. The minimum absolute atomic E-state index is 0.239. The summed E-state index contributed by atoms with van der Waals surface area (Å²) < 4.78 is 42.2. The van der Waals surface area contributed by atoms with Gasteiger partial charge in [-0.15, -0.1) is 0 Å². The van der Waals surface area contributed by atoms with Crippen molar-refractivity contribution in [3.8, 4) is 0 Å². The van der Waals surface area contributed by atoms with E-state index in [2.05, 4.69) is 24.5 Å². The second-order valence-electron chi connectivity index (χ2n) is 8.04. The molecule has 1 N–H and O–H groups in total. The zero-order valence-electron chi connectivity index (χ0n) is 17.0. The van der Waals surface area contributed by atoms with Crippen molar-refractivity contribution < 1.29 is 18.1 Å². The largest absolute Gasteiger partial charge is 0.342 e. The summed E-state index contributed by atoms with van der Waals surface area (Å²) in [6.45, 7) is 7.40. The molecule has 2 aromatic carbocycles. The first-order valence-electron chi connectivity index (χ1n) is 10.1. The predicted octanol–water partition coefficient (Wildman–Crippen LogP) is 4.58. The second-order valence-corrected chi connectivity index (χ2v) is 8.04. The standard InChI is InChI=1S/C24H27F3N2/c1-18(2)11-13-28(15-20-7-10-23(26)24(27)14-20)17-22-4-3-12-29(22)16-19-5-8-21(25)9-6-19/h3-10,12,14,18H,11,13,15-17H2,1-2H3/p+1. The number of rotatable bonds is 9. The molecule has 1 atom stereocenters. The van der Waals surface area contributed by atoms with Gasteiger partial charge in [-0.2, -0.15) is 0 Å². The molecule has 2 nitrogen and oxygen atoms in total. The van der Waals surface area contributed by atoms with Crippen LogP contribution < -0.4 is 4.90 Å². The predicted molar refractivity (Wildman–Crippen MR) is 109 cm³/mol. The van der Waals surface area contributed by atoms with Crippen LogP contribution in [-0.2, 0) is 19.6 Å². The quantitative estimate of drug-likeness (QED) is 0.537. The summed E-state index contributed by atoms with van der Waals surface area (Å²) in [5, 5.41) is 0. The lowest BCUT2D eigenvalue weighted by atomic mass is 10.1. The van der Waals surface area contributed by atoms with Gasteiger partial charge in [0, 0.05) is 18.3 Å². The van der Waals surface area contributed by atoms with Gasteiger partial charge in [-0.3, -0.25) is 0 Å². The smallest absolute Gasteiger partial charge is 0.159 e. The molecule has 0 bridgehead atoms. The van der Waals surface area contributed by atoms with E-state index in [0.717, 1.165) is 36.3 Å². The monoisotopic (exact) mass is 401 g/mol. The number of benzene rings is 2. The highest BCUT2D eigenvalue weighted by Gasteiger charge is 2.15. The summed E-state index contributed by atoms with van der Waals surface area (Å²) in [6.07, 6.45) is 3.08. The van der Waals surface area contributed by atoms with Gasteiger partial charge in [0.25, 0.3) is 0 Å². The van der Waals surface area contributed by atoms with E-state index in [1.807, 2.05) is 12.3 Å². The Labute approximate surface area is 170 Å². The van der Waals surface area contributed by atoms with E-state index in [9.17, 15) is 13.2 Å². The van der Waals surface area contributed by atoms with Crippen LogP contribution in [0.15, 0.2) is 60.8 Å². The molecule has 154 valence electrons. The molecule has 0 spiro atoms. The van der Waals surface area contributed by atoms with E-state index < -0.39 is 11.6 Å². The molecule has 0 aliphatic heterocycles. The van der Waals surface area contributed by atoms with E-state index in [1.165, 1.54) is 29.2 Å². The molecule has 3 rings (SSSR count). The molecular formula is C24H28F3N2+. The van der Waals surface area contributed by atoms with Gasteiger partial charge in [-0.25, -0.2) is 13.2 Å². The highest BCUT2D eigenvalue weighted by molar-refractivity contribution is 5.19. The molecule has 0 fully saturated rings. The molecule has 1 aromatic heterocycles. The Balaban J connectivity index is 1.74. The Morgan fingerprint density at radius 2 is 1.59 bits per heavy atom. The van der Waals surface area contributed by atoms with Crippen molar-refractivity contribution in [2.45, 2.75) is 39.9 Å². The molecule has 0 radical (unpaired) electrons. The fourth-order valence-electron chi connectivity index (χ4n) is 3.48. The summed E-state index contributed by atoms with van der Waals surface area (Å²) in [4.78, 5) is 1.30. The van der Waals surface area contributed by atoms with Crippen molar-refractivity contribution in [1.29, 1.82) is 0 Å². The Kier molecular flexibility index (Phi) is 7.15. The number of aromatic nitrogens is 1. The Hall–Kier alpha value is -2.53. The maximum atomic E-state index is 13.6. The first kappa shape index (κ1) is 21.2. The summed E-state index contributed by atoms with van der Waals surface area (Å²) in [6, 6.07) is 14.8. The van der Waals surface area contributed by atoms with E-state index in [-0.39, 0.29) is 5.82 Å². The first-order valence-corrected chi connectivity index (χ1v) is 10.1. The van der Waals surface area contributed by atoms with Crippen LogP contribution in [0.5, 0.6) is 0 Å². The van der Waals surface area contributed by atoms with Crippen molar-refractivity contribution in [3.05, 3.63) is 95.1 Å². The molecule has 0 saturated carbocycles. The van der Waals surface area contributed by atoms with Gasteiger partial charge in [0.1, 0.15) is 18.9 Å². The van der Waals surface area contributed by atoms with Gasteiger partial charge >= 0.3 is 0 Å². The second kappa shape index (κ2) is 9.79. The average Bonchev–Trinajstić information content (AvgIpc) is 3.11. The van der Waals surface area contributed by atoms with Crippen molar-refractivity contribution in [2.75, 3.05) is 6.54 Å². The van der Waals surface area contributed by atoms with Gasteiger partial charge in [0.2, 0.25) is 0 Å². The summed E-state index contributed by atoms with van der Waals surface area (Å²) in [7, 11) is 0. The number of nitrogens with one attached hydrogen (secondary N) is 1. The molecule has 5 heteroatoms. The third kappa shape index (κ3) is 6.23. The third-order valence-corrected chi connectivity index (χ3v) is 5.13. The number of halogens is 3. The van der Waals surface area contributed by atoms with Crippen LogP contribution in [0.2, 0.25) is 0 Å². The van der Waals surface area contributed by atoms with Crippen LogP contribution in [0.25, 0.3) is 0 Å². The molecule has 1 heterocycles. The number of hydrogen-bond acceptors (Lipinski definition) is 0. The zero-order chi connectivity index (χ0) is 20.8. The summed E-state index contributed by atoms with van der Waals surface area (Å²) in [5.74, 6) is -1.28. The fraction of sp³-hybridized carbons (Fsp3) is 0.333. The number of hydrogen-bond donors (Lipinski definition) is 1. The molecule has 1 unspecified atom stereocenters. The number of nitrogens with zero attached hydrogens (tertiary/aromatic N) is 1. The van der Waals surface area contributed by atoms with Crippen LogP contribution in [0.4, 0.5) is 13.2 Å². The van der Waals surface area contributed by atoms with Crippen LogP contribution in [-0.4, -0.2) is 11.1 Å². The van der Waals surface area contributed by atoms with Crippen LogP contribution in [0, 0.1) is 23.4 Å². The fourth-order valence-corrected chi connectivity index (χ4v) is 3.48. The van der Waals surface area contributed by atoms with E-state index >= 15 is 0 Å². The highest BCUT2D eigenvalue weighted by Crippen LogP contribution is 2.10. The lowest BCUT2D eigenvalue weighted by molar-refractivity contribution is -0.928. The van der Waals surface area contributed by atoms with Gasteiger partial charge < -0.3 is 9.47 Å². The van der Waals surface area contributed by atoms with Crippen LogP contribution in [0.1, 0.15) is 37.1 Å². The Bertz CT molecular complexity index is 916. The minimum atomic E-state index is -0.814. The van der Waals surface area contributed by atoms with E-state index in [4.69, 9.17) is 0 Å². The maximum Gasteiger partial charge on any atom is 0.159 e. The van der Waals surface area contributed by atoms with Crippen LogP contribution in [0.3, 0.4) is 0 Å². The molecule has 3 aromatic rings. The number of quaternary nitrogens is 1. The van der Waals surface area contributed by atoms with Crippen LogP contribution >= 0.6 is 0 Å². The molecule has 29 heavy (non-hydrogen) atoms. The summed E-state index contributed by atoms with van der Waals surface area (Å²) in [5.41, 5.74) is 2.99. The topological polar surface area (TPSA) is 9.37 Å². The SMILES string of the molecule is CC(C)CC[NH+](Cc1ccc(F)c(F)c1)Cc1cccn1Cc1ccc(F)cc1. The minimum Gasteiger partial charge on any atom is -0.342 e. The lowest BCUT2D eigenvalue weighted by Gasteiger charge is -2.22. The van der Waals surface area contributed by atoms with Crippen molar-refractivity contribution in [2.24, 2.45) is 5.92 Å². The highest BCUT2D eigenvalue weighted by atomic mass is 19.2. The molecule has 0 aliphatic carbocycles. The maximum absolute atomic E-state index is 13.6. The average molecular weight is 401 g/mol. The molecule has 0 aliphatic rings. The molecular weight excluding hydrogens is 373 g/mol. The molecule has 0 saturated heterocycles. The molecule has 0 amide bonds. The lowest BCUT2D eigenvalue weighted by Crippen LogP contribution is -3.09. The van der Waals surface area contributed by atoms with Crippen molar-refractivity contribution in [3.63, 3.8) is 0 Å². The van der Waals surface area contributed by atoms with Gasteiger partial charge in [-0.1, -0.05) is 32.0 Å². The van der Waals surface area contributed by atoms with Crippen molar-refractivity contribution in [1.82, 2.24) is 4.57 Å². The first-order chi connectivity index (χ1) is 13.9. The van der Waals surface area contributed by atoms with E-state index in [1.54, 1.807) is 18.2 Å². The Morgan fingerprint density at radius 3 is 2.28 bits per heavy atom. The van der Waals surface area contributed by atoms with Gasteiger partial charge in [0.15, 0.2) is 11.6 Å². The summed E-state index contributed by atoms with van der Waals surface area (Å²) >= 11 is 0. The van der Waals surface area contributed by atoms with Gasteiger partial charge in [0.05, 0.1) is 12.2 Å². The normalized spacial score (nSPS) is 12.5. The van der Waals surface area contributed by atoms with Gasteiger partial charge in [-0.05, 0) is 54.3 Å². The third-order valence-electron chi connectivity index (χ3n) is 5.13.